The third-order valence-electron chi connectivity index (χ3n) is 2.70. The fourth-order valence-corrected chi connectivity index (χ4v) is 1.86. The molecule has 0 aliphatic heterocycles. The predicted octanol–water partition coefficient (Wildman–Crippen LogP) is 2.69. The number of aromatic nitrogens is 1. The topological polar surface area (TPSA) is 42.4 Å². The van der Waals surface area contributed by atoms with Gasteiger partial charge in [-0.05, 0) is 23.4 Å². The first kappa shape index (κ1) is 12.0. The van der Waals surface area contributed by atoms with Gasteiger partial charge in [-0.15, -0.1) is 0 Å². The lowest BCUT2D eigenvalue weighted by atomic mass is 10.0. The van der Waals surface area contributed by atoms with Gasteiger partial charge in [-0.3, -0.25) is 4.98 Å². The quantitative estimate of drug-likeness (QED) is 0.804. The lowest BCUT2D eigenvalue weighted by Crippen LogP contribution is -2.08. The maximum atomic E-state index is 10.1. The zero-order chi connectivity index (χ0) is 12.1. The molecule has 1 N–H and O–H groups in total. The van der Waals surface area contributed by atoms with Crippen LogP contribution in [-0.4, -0.2) is 23.3 Å². The standard InChI is InChI=1S/C14H17NO2/c1-2-8-17-10-14(16)12-5-3-4-11-6-7-15-9-13(11)12/h3-7,9,14,16H,2,8,10H2,1H3. The van der Waals surface area contributed by atoms with Gasteiger partial charge in [-0.2, -0.15) is 0 Å². The highest BCUT2D eigenvalue weighted by Crippen LogP contribution is 2.23. The van der Waals surface area contributed by atoms with Crippen molar-refractivity contribution < 1.29 is 9.84 Å². The van der Waals surface area contributed by atoms with Crippen molar-refractivity contribution in [3.8, 4) is 0 Å². The van der Waals surface area contributed by atoms with Gasteiger partial charge in [0.05, 0.1) is 6.61 Å². The molecule has 0 aliphatic carbocycles. The summed E-state index contributed by atoms with van der Waals surface area (Å²) in [6, 6.07) is 7.82. The van der Waals surface area contributed by atoms with Crippen molar-refractivity contribution in [2.24, 2.45) is 0 Å². The molecule has 0 aliphatic rings. The van der Waals surface area contributed by atoms with Crippen molar-refractivity contribution in [3.05, 3.63) is 42.2 Å². The van der Waals surface area contributed by atoms with E-state index in [0.717, 1.165) is 22.8 Å². The van der Waals surface area contributed by atoms with E-state index in [0.29, 0.717) is 13.2 Å². The van der Waals surface area contributed by atoms with Gasteiger partial charge in [0.1, 0.15) is 6.10 Å². The van der Waals surface area contributed by atoms with Crippen LogP contribution in [0.25, 0.3) is 10.8 Å². The summed E-state index contributed by atoms with van der Waals surface area (Å²) in [4.78, 5) is 4.10. The molecule has 1 aromatic heterocycles. The summed E-state index contributed by atoms with van der Waals surface area (Å²) in [5, 5.41) is 12.2. The highest BCUT2D eigenvalue weighted by atomic mass is 16.5. The Bertz CT molecular complexity index is 479. The number of aliphatic hydroxyl groups excluding tert-OH is 1. The fraction of sp³-hybridized carbons (Fsp3) is 0.357. The third kappa shape index (κ3) is 2.81. The molecule has 0 saturated carbocycles. The summed E-state index contributed by atoms with van der Waals surface area (Å²) in [5.41, 5.74) is 0.881. The molecule has 0 amide bonds. The van der Waals surface area contributed by atoms with Crippen LogP contribution in [0.15, 0.2) is 36.7 Å². The van der Waals surface area contributed by atoms with Crippen LogP contribution in [0.2, 0.25) is 0 Å². The molecule has 1 atom stereocenters. The first-order valence-electron chi connectivity index (χ1n) is 5.91. The Kier molecular flexibility index (Phi) is 4.07. The molecule has 2 rings (SSSR count). The number of rotatable bonds is 5. The monoisotopic (exact) mass is 231 g/mol. The highest BCUT2D eigenvalue weighted by Gasteiger charge is 2.10. The van der Waals surface area contributed by atoms with Crippen LogP contribution in [0, 0.1) is 0 Å². The molecular formula is C14H17NO2. The van der Waals surface area contributed by atoms with Crippen LogP contribution in [0.5, 0.6) is 0 Å². The van der Waals surface area contributed by atoms with Gasteiger partial charge in [0.2, 0.25) is 0 Å². The Morgan fingerprint density at radius 2 is 2.24 bits per heavy atom. The van der Waals surface area contributed by atoms with E-state index < -0.39 is 6.10 Å². The van der Waals surface area contributed by atoms with Crippen molar-refractivity contribution >= 4 is 10.8 Å². The molecule has 90 valence electrons. The summed E-state index contributed by atoms with van der Waals surface area (Å²) in [6.07, 6.45) is 3.92. The summed E-state index contributed by atoms with van der Waals surface area (Å²) in [5.74, 6) is 0. The van der Waals surface area contributed by atoms with E-state index >= 15 is 0 Å². The average Bonchev–Trinajstić information content (AvgIpc) is 2.38. The highest BCUT2D eigenvalue weighted by molar-refractivity contribution is 5.85. The largest absolute Gasteiger partial charge is 0.386 e. The van der Waals surface area contributed by atoms with Gasteiger partial charge in [-0.1, -0.05) is 25.1 Å². The fourth-order valence-electron chi connectivity index (χ4n) is 1.86. The second-order valence-corrected chi connectivity index (χ2v) is 4.03. The minimum atomic E-state index is -0.588. The zero-order valence-electron chi connectivity index (χ0n) is 9.97. The van der Waals surface area contributed by atoms with E-state index in [-0.39, 0.29) is 0 Å². The SMILES string of the molecule is CCCOCC(O)c1cccc2ccncc12. The molecule has 0 fully saturated rings. The minimum absolute atomic E-state index is 0.335. The molecule has 3 heteroatoms. The van der Waals surface area contributed by atoms with Crippen molar-refractivity contribution in [3.63, 3.8) is 0 Å². The van der Waals surface area contributed by atoms with Gasteiger partial charge in [-0.25, -0.2) is 0 Å². The van der Waals surface area contributed by atoms with Gasteiger partial charge < -0.3 is 9.84 Å². The number of aliphatic hydroxyl groups is 1. The molecule has 17 heavy (non-hydrogen) atoms. The molecule has 3 nitrogen and oxygen atoms in total. The molecule has 1 aromatic carbocycles. The maximum Gasteiger partial charge on any atom is 0.103 e. The van der Waals surface area contributed by atoms with E-state index in [9.17, 15) is 5.11 Å². The van der Waals surface area contributed by atoms with Crippen LogP contribution in [0.3, 0.4) is 0 Å². The van der Waals surface area contributed by atoms with Crippen molar-refractivity contribution in [2.75, 3.05) is 13.2 Å². The number of pyridine rings is 1. The van der Waals surface area contributed by atoms with Crippen LogP contribution in [0.1, 0.15) is 25.0 Å². The predicted molar refractivity (Wildman–Crippen MR) is 67.8 cm³/mol. The third-order valence-corrected chi connectivity index (χ3v) is 2.70. The van der Waals surface area contributed by atoms with Gasteiger partial charge in [0.25, 0.3) is 0 Å². The Morgan fingerprint density at radius 3 is 3.06 bits per heavy atom. The smallest absolute Gasteiger partial charge is 0.103 e. The zero-order valence-corrected chi connectivity index (χ0v) is 9.97. The summed E-state index contributed by atoms with van der Waals surface area (Å²) in [7, 11) is 0. The van der Waals surface area contributed by atoms with Gasteiger partial charge >= 0.3 is 0 Å². The lowest BCUT2D eigenvalue weighted by molar-refractivity contribution is 0.0371. The Morgan fingerprint density at radius 1 is 1.35 bits per heavy atom. The number of fused-ring (bicyclic) bond motifs is 1. The van der Waals surface area contributed by atoms with Crippen molar-refractivity contribution in [2.45, 2.75) is 19.4 Å². The van der Waals surface area contributed by atoms with Crippen LogP contribution >= 0.6 is 0 Å². The molecule has 0 saturated heterocycles. The molecule has 2 aromatic rings. The van der Waals surface area contributed by atoms with E-state index in [1.54, 1.807) is 12.4 Å². The normalized spacial score (nSPS) is 12.8. The number of nitrogens with zero attached hydrogens (tertiary/aromatic N) is 1. The summed E-state index contributed by atoms with van der Waals surface area (Å²) in [6.45, 7) is 3.07. The number of ether oxygens (including phenoxy) is 1. The molecule has 0 radical (unpaired) electrons. The van der Waals surface area contributed by atoms with Crippen molar-refractivity contribution in [1.82, 2.24) is 4.98 Å². The van der Waals surface area contributed by atoms with Gasteiger partial charge in [0, 0.05) is 24.4 Å². The molecule has 1 unspecified atom stereocenters. The average molecular weight is 231 g/mol. The molecule has 0 spiro atoms. The van der Waals surface area contributed by atoms with E-state index in [1.807, 2.05) is 31.2 Å². The molecule has 0 bridgehead atoms. The number of hydrogen-bond donors (Lipinski definition) is 1. The van der Waals surface area contributed by atoms with E-state index in [1.165, 1.54) is 0 Å². The first-order chi connectivity index (χ1) is 8.33. The van der Waals surface area contributed by atoms with E-state index in [2.05, 4.69) is 4.98 Å². The van der Waals surface area contributed by atoms with Crippen LogP contribution in [0.4, 0.5) is 0 Å². The lowest BCUT2D eigenvalue weighted by Gasteiger charge is -2.13. The second kappa shape index (κ2) is 5.75. The van der Waals surface area contributed by atoms with Gasteiger partial charge in [0.15, 0.2) is 0 Å². The summed E-state index contributed by atoms with van der Waals surface area (Å²) < 4.78 is 5.38. The van der Waals surface area contributed by atoms with Crippen LogP contribution in [-0.2, 0) is 4.74 Å². The van der Waals surface area contributed by atoms with E-state index in [4.69, 9.17) is 4.74 Å². The maximum absolute atomic E-state index is 10.1. The Labute approximate surface area is 101 Å². The second-order valence-electron chi connectivity index (χ2n) is 4.03. The van der Waals surface area contributed by atoms with Crippen molar-refractivity contribution in [1.29, 1.82) is 0 Å². The first-order valence-corrected chi connectivity index (χ1v) is 5.91. The number of hydrogen-bond acceptors (Lipinski definition) is 3. The number of benzene rings is 1. The molecule has 1 heterocycles. The molecular weight excluding hydrogens is 214 g/mol. The Balaban J connectivity index is 2.22. The summed E-state index contributed by atoms with van der Waals surface area (Å²) >= 11 is 0. The van der Waals surface area contributed by atoms with Crippen LogP contribution < -0.4 is 0 Å². The Hall–Kier alpha value is -1.45. The minimum Gasteiger partial charge on any atom is -0.386 e.